The smallest absolute Gasteiger partial charge is 0.358 e. The van der Waals surface area contributed by atoms with Gasteiger partial charge in [0.15, 0.2) is 0 Å². The second-order valence-corrected chi connectivity index (χ2v) is 3.80. The van der Waals surface area contributed by atoms with E-state index in [0.717, 1.165) is 6.42 Å². The van der Waals surface area contributed by atoms with Crippen LogP contribution in [0.4, 0.5) is 0 Å². The Kier molecular flexibility index (Phi) is 14.2. The van der Waals surface area contributed by atoms with E-state index in [0.29, 0.717) is 5.92 Å². The Hall–Kier alpha value is -0.157. The van der Waals surface area contributed by atoms with E-state index >= 15 is 0 Å². The maximum absolute atomic E-state index is 3.36. The maximum atomic E-state index is 3.36. The summed E-state index contributed by atoms with van der Waals surface area (Å²) in [6, 6.07) is 0. The summed E-state index contributed by atoms with van der Waals surface area (Å²) in [7, 11) is 0. The van der Waals surface area contributed by atoms with Crippen LogP contribution in [0.2, 0.25) is 0 Å². The second kappa shape index (κ2) is 11.0. The standard InChI is InChI=1S/C9H13.C5H5.2CH3.Zr/c1-6-5-7(2)9(4)8(6)3;1-2-4-5-3-1;;;/h6H,1-4H3;1-3H,4H2;2*1H3;/q4*-1;+4. The summed E-state index contributed by atoms with van der Waals surface area (Å²) >= 11 is 0. The van der Waals surface area contributed by atoms with Crippen molar-refractivity contribution in [3.8, 4) is 0 Å². The van der Waals surface area contributed by atoms with Crippen molar-refractivity contribution < 1.29 is 26.2 Å². The third kappa shape index (κ3) is 6.99. The van der Waals surface area contributed by atoms with Gasteiger partial charge in [-0.1, -0.05) is 26.7 Å². The molecule has 1 unspecified atom stereocenters. The van der Waals surface area contributed by atoms with E-state index in [1.807, 2.05) is 12.2 Å². The number of allylic oxidation sites excluding steroid dienone is 8. The molecule has 0 fully saturated rings. The van der Waals surface area contributed by atoms with Crippen LogP contribution >= 0.6 is 0 Å². The van der Waals surface area contributed by atoms with Crippen LogP contribution in [0.15, 0.2) is 34.9 Å². The van der Waals surface area contributed by atoms with E-state index in [-0.39, 0.29) is 41.1 Å². The summed E-state index contributed by atoms with van der Waals surface area (Å²) < 4.78 is 0. The average Bonchev–Trinajstić information content (AvgIpc) is 2.78. The molecule has 1 heteroatoms. The molecule has 0 aliphatic heterocycles. The summed E-state index contributed by atoms with van der Waals surface area (Å²) in [5.41, 5.74) is 4.25. The molecule has 0 amide bonds. The molecule has 0 nitrogen and oxygen atoms in total. The summed E-state index contributed by atoms with van der Waals surface area (Å²) in [6.07, 6.45) is 13.4. The van der Waals surface area contributed by atoms with Crippen LogP contribution in [0.3, 0.4) is 0 Å². The van der Waals surface area contributed by atoms with Gasteiger partial charge in [-0.05, 0) is 0 Å². The zero-order valence-corrected chi connectivity index (χ0v) is 14.5. The minimum atomic E-state index is 0. The van der Waals surface area contributed by atoms with Crippen molar-refractivity contribution in [1.29, 1.82) is 0 Å². The molecule has 2 aliphatic carbocycles. The van der Waals surface area contributed by atoms with Crippen LogP contribution in [0.25, 0.3) is 0 Å². The molecule has 0 aromatic rings. The Bertz CT molecular complexity index is 306. The molecular weight excluding hydrogens is 283 g/mol. The van der Waals surface area contributed by atoms with Gasteiger partial charge in [0.05, 0.1) is 0 Å². The Morgan fingerprint density at radius 3 is 1.88 bits per heavy atom. The zero-order chi connectivity index (χ0) is 10.6. The molecule has 0 spiro atoms. The molecule has 0 bridgehead atoms. The molecular formula is C16H24Zr. The van der Waals surface area contributed by atoms with E-state index in [2.05, 4.69) is 45.9 Å². The second-order valence-electron chi connectivity index (χ2n) is 3.80. The molecule has 2 aliphatic rings. The minimum Gasteiger partial charge on any atom is -0.358 e. The molecule has 0 aromatic carbocycles. The van der Waals surface area contributed by atoms with Crippen LogP contribution < -0.4 is 0 Å². The first-order valence-corrected chi connectivity index (χ1v) is 5.12. The SMILES string of the molecule is CC1=[C-]C(C)C(C)=C1C.[C-]1=CC=CC1.[CH3-].[CH3-].[Zr+4]. The molecule has 0 saturated heterocycles. The summed E-state index contributed by atoms with van der Waals surface area (Å²) in [5, 5.41) is 0. The van der Waals surface area contributed by atoms with Gasteiger partial charge in [0.2, 0.25) is 0 Å². The van der Waals surface area contributed by atoms with Crippen LogP contribution in [-0.4, -0.2) is 0 Å². The van der Waals surface area contributed by atoms with Crippen molar-refractivity contribution in [2.45, 2.75) is 34.1 Å². The monoisotopic (exact) mass is 306 g/mol. The Morgan fingerprint density at radius 2 is 1.76 bits per heavy atom. The van der Waals surface area contributed by atoms with E-state index in [1.165, 1.54) is 16.7 Å². The van der Waals surface area contributed by atoms with Gasteiger partial charge in [-0.2, -0.15) is 17.2 Å². The van der Waals surface area contributed by atoms with Crippen molar-refractivity contribution in [1.82, 2.24) is 0 Å². The van der Waals surface area contributed by atoms with Crippen LogP contribution in [0, 0.1) is 32.9 Å². The Labute approximate surface area is 128 Å². The topological polar surface area (TPSA) is 0 Å². The maximum Gasteiger partial charge on any atom is 4.00 e. The van der Waals surface area contributed by atoms with Gasteiger partial charge < -0.3 is 14.9 Å². The Balaban J connectivity index is -0.000000216. The van der Waals surface area contributed by atoms with Crippen LogP contribution in [-0.2, 0) is 26.2 Å². The fraction of sp³-hybridized carbons (Fsp3) is 0.375. The third-order valence-corrected chi connectivity index (χ3v) is 2.82. The van der Waals surface area contributed by atoms with E-state index in [1.54, 1.807) is 0 Å². The van der Waals surface area contributed by atoms with Crippen LogP contribution in [0.1, 0.15) is 34.1 Å². The van der Waals surface area contributed by atoms with Gasteiger partial charge in [0.25, 0.3) is 0 Å². The van der Waals surface area contributed by atoms with Crippen molar-refractivity contribution in [3.05, 3.63) is 62.0 Å². The van der Waals surface area contributed by atoms with Crippen molar-refractivity contribution in [2.75, 3.05) is 0 Å². The molecule has 92 valence electrons. The summed E-state index contributed by atoms with van der Waals surface area (Å²) in [5.74, 6) is 0.560. The fourth-order valence-electron chi connectivity index (χ4n) is 1.50. The normalized spacial score (nSPS) is 19.5. The molecule has 2 rings (SSSR count). The number of hydrogen-bond acceptors (Lipinski definition) is 0. The first-order valence-electron chi connectivity index (χ1n) is 5.12. The predicted molar refractivity (Wildman–Crippen MR) is 74.4 cm³/mol. The van der Waals surface area contributed by atoms with E-state index in [9.17, 15) is 0 Å². The first-order chi connectivity index (χ1) is 6.63. The van der Waals surface area contributed by atoms with Gasteiger partial charge in [0, 0.05) is 0 Å². The van der Waals surface area contributed by atoms with Gasteiger partial charge >= 0.3 is 26.2 Å². The molecule has 0 saturated carbocycles. The van der Waals surface area contributed by atoms with E-state index in [4.69, 9.17) is 0 Å². The third-order valence-electron chi connectivity index (χ3n) is 2.82. The average molecular weight is 308 g/mol. The van der Waals surface area contributed by atoms with Gasteiger partial charge in [-0.25, -0.2) is 17.7 Å². The molecule has 0 heterocycles. The predicted octanol–water partition coefficient (Wildman–Crippen LogP) is 4.93. The summed E-state index contributed by atoms with van der Waals surface area (Å²) in [4.78, 5) is 0. The first kappa shape index (κ1) is 22.1. The van der Waals surface area contributed by atoms with Gasteiger partial charge in [0.1, 0.15) is 0 Å². The van der Waals surface area contributed by atoms with Crippen LogP contribution in [0.5, 0.6) is 0 Å². The van der Waals surface area contributed by atoms with Crippen molar-refractivity contribution in [2.24, 2.45) is 5.92 Å². The van der Waals surface area contributed by atoms with E-state index < -0.39 is 0 Å². The van der Waals surface area contributed by atoms with Gasteiger partial charge in [-0.15, -0.1) is 13.3 Å². The van der Waals surface area contributed by atoms with Crippen molar-refractivity contribution in [3.63, 3.8) is 0 Å². The largest absolute Gasteiger partial charge is 4.00 e. The van der Waals surface area contributed by atoms with Gasteiger partial charge in [-0.3, -0.25) is 12.2 Å². The molecule has 0 radical (unpaired) electrons. The number of hydrogen-bond donors (Lipinski definition) is 0. The quantitative estimate of drug-likeness (QED) is 0.557. The molecule has 1 atom stereocenters. The molecule has 0 N–H and O–H groups in total. The Morgan fingerprint density at radius 1 is 1.18 bits per heavy atom. The number of rotatable bonds is 0. The molecule has 0 aromatic heterocycles. The summed E-state index contributed by atoms with van der Waals surface area (Å²) in [6.45, 7) is 8.67. The molecule has 17 heavy (non-hydrogen) atoms. The van der Waals surface area contributed by atoms with Crippen molar-refractivity contribution >= 4 is 0 Å². The minimum absolute atomic E-state index is 0. The fourth-order valence-corrected chi connectivity index (χ4v) is 1.50. The zero-order valence-electron chi connectivity index (χ0n) is 12.0.